The van der Waals surface area contributed by atoms with Crippen LogP contribution in [0.4, 0.5) is 4.39 Å². The minimum atomic E-state index is -0.446. The molecule has 0 bridgehead atoms. The fourth-order valence-corrected chi connectivity index (χ4v) is 3.58. The lowest BCUT2D eigenvalue weighted by molar-refractivity contribution is -0.132. The molecule has 5 heteroatoms. The van der Waals surface area contributed by atoms with Gasteiger partial charge in [-0.3, -0.25) is 9.59 Å². The molecule has 2 aromatic carbocycles. The van der Waals surface area contributed by atoms with Crippen molar-refractivity contribution < 1.29 is 14.0 Å². The van der Waals surface area contributed by atoms with Gasteiger partial charge < -0.3 is 9.80 Å². The highest BCUT2D eigenvalue weighted by molar-refractivity contribution is 5.96. The van der Waals surface area contributed by atoms with E-state index in [0.29, 0.717) is 19.6 Å². The van der Waals surface area contributed by atoms with Crippen LogP contribution in [0.25, 0.3) is 0 Å². The minimum Gasteiger partial charge on any atom is -0.336 e. The SMILES string of the molecule is CCCCCN(CC(=O)N1CCc2ccccc2C1)C(=O)c1cccc(F)c1. The Hall–Kier alpha value is -2.69. The van der Waals surface area contributed by atoms with Gasteiger partial charge in [-0.25, -0.2) is 4.39 Å². The summed E-state index contributed by atoms with van der Waals surface area (Å²) in [5, 5.41) is 0. The lowest BCUT2D eigenvalue weighted by Gasteiger charge is -2.31. The van der Waals surface area contributed by atoms with E-state index in [2.05, 4.69) is 13.0 Å². The number of amides is 2. The molecule has 1 aliphatic heterocycles. The van der Waals surface area contributed by atoms with Gasteiger partial charge in [0.05, 0.1) is 0 Å². The van der Waals surface area contributed by atoms with E-state index >= 15 is 0 Å². The Morgan fingerprint density at radius 2 is 1.86 bits per heavy atom. The second kappa shape index (κ2) is 9.49. The third-order valence-corrected chi connectivity index (χ3v) is 5.20. The number of rotatable bonds is 7. The number of unbranched alkanes of at least 4 members (excludes halogenated alkanes) is 2. The Bertz CT molecular complexity index is 837. The molecule has 0 aliphatic carbocycles. The average Bonchev–Trinajstić information content (AvgIpc) is 2.72. The molecule has 0 aromatic heterocycles. The zero-order valence-electron chi connectivity index (χ0n) is 16.4. The van der Waals surface area contributed by atoms with E-state index in [0.717, 1.165) is 31.2 Å². The highest BCUT2D eigenvalue weighted by atomic mass is 19.1. The Morgan fingerprint density at radius 1 is 1.07 bits per heavy atom. The summed E-state index contributed by atoms with van der Waals surface area (Å²) in [5.41, 5.74) is 2.73. The number of hydrogen-bond acceptors (Lipinski definition) is 2. The topological polar surface area (TPSA) is 40.6 Å². The van der Waals surface area contributed by atoms with Gasteiger partial charge in [0.25, 0.3) is 5.91 Å². The maximum absolute atomic E-state index is 13.5. The van der Waals surface area contributed by atoms with Gasteiger partial charge in [0.15, 0.2) is 0 Å². The maximum Gasteiger partial charge on any atom is 0.254 e. The molecule has 28 heavy (non-hydrogen) atoms. The van der Waals surface area contributed by atoms with Gasteiger partial charge in [0, 0.05) is 25.2 Å². The summed E-state index contributed by atoms with van der Waals surface area (Å²) in [6.07, 6.45) is 3.67. The Kier molecular flexibility index (Phi) is 6.80. The van der Waals surface area contributed by atoms with E-state index in [-0.39, 0.29) is 23.9 Å². The van der Waals surface area contributed by atoms with E-state index in [9.17, 15) is 14.0 Å². The second-order valence-corrected chi connectivity index (χ2v) is 7.28. The summed E-state index contributed by atoms with van der Waals surface area (Å²) in [6, 6.07) is 13.8. The van der Waals surface area contributed by atoms with Crippen LogP contribution in [0.3, 0.4) is 0 Å². The van der Waals surface area contributed by atoms with E-state index < -0.39 is 5.82 Å². The molecular weight excluding hydrogens is 355 g/mol. The minimum absolute atomic E-state index is 0.0290. The molecule has 4 nitrogen and oxygen atoms in total. The molecule has 0 fully saturated rings. The summed E-state index contributed by atoms with van der Waals surface area (Å²) in [6.45, 7) is 3.86. The molecule has 3 rings (SSSR count). The Morgan fingerprint density at radius 3 is 2.61 bits per heavy atom. The second-order valence-electron chi connectivity index (χ2n) is 7.28. The number of benzene rings is 2. The molecule has 0 N–H and O–H groups in total. The zero-order chi connectivity index (χ0) is 19.9. The number of fused-ring (bicyclic) bond motifs is 1. The summed E-state index contributed by atoms with van der Waals surface area (Å²) in [4.78, 5) is 29.2. The van der Waals surface area contributed by atoms with E-state index in [1.807, 2.05) is 23.1 Å². The number of carbonyl (C=O) groups is 2. The molecule has 0 unspecified atom stereocenters. The van der Waals surface area contributed by atoms with Crippen molar-refractivity contribution in [3.8, 4) is 0 Å². The molecular formula is C23H27FN2O2. The first kappa shape index (κ1) is 20.1. The first-order chi connectivity index (χ1) is 13.6. The van der Waals surface area contributed by atoms with Crippen LogP contribution in [0.5, 0.6) is 0 Å². The quantitative estimate of drug-likeness (QED) is 0.678. The Labute approximate surface area is 166 Å². The van der Waals surface area contributed by atoms with Gasteiger partial charge in [0.1, 0.15) is 12.4 Å². The van der Waals surface area contributed by atoms with Crippen LogP contribution in [-0.4, -0.2) is 41.2 Å². The van der Waals surface area contributed by atoms with Crippen LogP contribution >= 0.6 is 0 Å². The van der Waals surface area contributed by atoms with Crippen LogP contribution in [0, 0.1) is 5.82 Å². The van der Waals surface area contributed by atoms with Crippen LogP contribution in [0.2, 0.25) is 0 Å². The van der Waals surface area contributed by atoms with Crippen molar-refractivity contribution in [2.45, 2.75) is 39.2 Å². The summed E-state index contributed by atoms with van der Waals surface area (Å²) >= 11 is 0. The third kappa shape index (κ3) is 4.97. The average molecular weight is 382 g/mol. The number of hydrogen-bond donors (Lipinski definition) is 0. The van der Waals surface area contributed by atoms with Gasteiger partial charge in [-0.05, 0) is 42.2 Å². The first-order valence-corrected chi connectivity index (χ1v) is 9.98. The van der Waals surface area contributed by atoms with Crippen LogP contribution in [0.15, 0.2) is 48.5 Å². The molecule has 2 aromatic rings. The molecule has 2 amide bonds. The fraction of sp³-hybridized carbons (Fsp3) is 0.391. The van der Waals surface area contributed by atoms with Gasteiger partial charge in [-0.1, -0.05) is 50.1 Å². The molecule has 0 atom stereocenters. The Balaban J connectivity index is 1.70. The summed E-state index contributed by atoms with van der Waals surface area (Å²) < 4.78 is 13.5. The number of carbonyl (C=O) groups excluding carboxylic acids is 2. The van der Waals surface area contributed by atoms with Gasteiger partial charge in [-0.2, -0.15) is 0 Å². The van der Waals surface area contributed by atoms with Crippen LogP contribution in [0.1, 0.15) is 47.7 Å². The van der Waals surface area contributed by atoms with E-state index in [4.69, 9.17) is 0 Å². The predicted octanol–water partition coefficient (Wildman–Crippen LogP) is 4.04. The van der Waals surface area contributed by atoms with Crippen molar-refractivity contribution in [2.75, 3.05) is 19.6 Å². The van der Waals surface area contributed by atoms with Crippen LogP contribution < -0.4 is 0 Å². The molecule has 0 spiro atoms. The predicted molar refractivity (Wildman–Crippen MR) is 107 cm³/mol. The monoisotopic (exact) mass is 382 g/mol. The van der Waals surface area contributed by atoms with Crippen molar-refractivity contribution in [1.82, 2.24) is 9.80 Å². The maximum atomic E-state index is 13.5. The fourth-order valence-electron chi connectivity index (χ4n) is 3.58. The largest absolute Gasteiger partial charge is 0.336 e. The standard InChI is InChI=1S/C23H27FN2O2/c1-2-3-6-13-26(23(28)19-10-7-11-21(24)15-19)17-22(27)25-14-12-18-8-4-5-9-20(18)16-25/h4-5,7-11,15H,2-3,6,12-14,16-17H2,1H3. The molecule has 1 aliphatic rings. The van der Waals surface area contributed by atoms with Crippen molar-refractivity contribution in [2.24, 2.45) is 0 Å². The summed E-state index contributed by atoms with van der Waals surface area (Å²) in [5.74, 6) is -0.796. The normalized spacial score (nSPS) is 13.1. The number of halogens is 1. The first-order valence-electron chi connectivity index (χ1n) is 9.98. The molecule has 1 heterocycles. The van der Waals surface area contributed by atoms with Crippen molar-refractivity contribution in [1.29, 1.82) is 0 Å². The van der Waals surface area contributed by atoms with E-state index in [1.54, 1.807) is 11.0 Å². The van der Waals surface area contributed by atoms with Crippen molar-refractivity contribution >= 4 is 11.8 Å². The molecule has 0 radical (unpaired) electrons. The molecule has 0 saturated heterocycles. The van der Waals surface area contributed by atoms with E-state index in [1.165, 1.54) is 23.8 Å². The highest BCUT2D eigenvalue weighted by Crippen LogP contribution is 2.19. The lowest BCUT2D eigenvalue weighted by atomic mass is 10.00. The van der Waals surface area contributed by atoms with Crippen LogP contribution in [-0.2, 0) is 17.8 Å². The highest BCUT2D eigenvalue weighted by Gasteiger charge is 2.25. The zero-order valence-corrected chi connectivity index (χ0v) is 16.4. The smallest absolute Gasteiger partial charge is 0.254 e. The molecule has 148 valence electrons. The van der Waals surface area contributed by atoms with Gasteiger partial charge in [0.2, 0.25) is 5.91 Å². The molecule has 0 saturated carbocycles. The number of nitrogens with zero attached hydrogens (tertiary/aromatic N) is 2. The lowest BCUT2D eigenvalue weighted by Crippen LogP contribution is -2.45. The van der Waals surface area contributed by atoms with Gasteiger partial charge >= 0.3 is 0 Å². The third-order valence-electron chi connectivity index (χ3n) is 5.20. The summed E-state index contributed by atoms with van der Waals surface area (Å²) in [7, 11) is 0. The van der Waals surface area contributed by atoms with Gasteiger partial charge in [-0.15, -0.1) is 0 Å². The van der Waals surface area contributed by atoms with Crippen molar-refractivity contribution in [3.63, 3.8) is 0 Å². The van der Waals surface area contributed by atoms with Crippen molar-refractivity contribution in [3.05, 3.63) is 71.0 Å².